The maximum Gasteiger partial charge on any atom is 0.340 e. The SMILES string of the molecule is CCCC(C)OC(=O)c1cc(F)c(Cl)c(S(N)(=O)=O)c1Cl. The quantitative estimate of drug-likeness (QED) is 0.647. The molecule has 0 radical (unpaired) electrons. The second-order valence-corrected chi connectivity index (χ2v) is 6.67. The van der Waals surface area contributed by atoms with Crippen LogP contribution in [0.2, 0.25) is 10.0 Å². The van der Waals surface area contributed by atoms with Crippen molar-refractivity contribution in [2.45, 2.75) is 37.7 Å². The topological polar surface area (TPSA) is 86.5 Å². The number of carbonyl (C=O) groups excluding carboxylic acids is 1. The van der Waals surface area contributed by atoms with Crippen LogP contribution in [-0.4, -0.2) is 20.5 Å². The molecule has 1 aromatic carbocycles. The molecule has 0 saturated heterocycles. The lowest BCUT2D eigenvalue weighted by Crippen LogP contribution is -2.19. The van der Waals surface area contributed by atoms with E-state index < -0.39 is 48.4 Å². The standard InChI is InChI=1S/C12H14Cl2FNO4S/c1-3-4-6(2)20-12(17)7-5-8(15)10(14)11(9(7)13)21(16,18)19/h5-6H,3-4H2,1-2H3,(H2,16,18,19). The number of ether oxygens (including phenoxy) is 1. The summed E-state index contributed by atoms with van der Waals surface area (Å²) in [6, 6.07) is 0.723. The lowest BCUT2D eigenvalue weighted by molar-refractivity contribution is 0.0323. The number of benzene rings is 1. The van der Waals surface area contributed by atoms with Gasteiger partial charge in [0.05, 0.1) is 21.7 Å². The van der Waals surface area contributed by atoms with Gasteiger partial charge in [-0.3, -0.25) is 0 Å². The van der Waals surface area contributed by atoms with Gasteiger partial charge in [0.25, 0.3) is 0 Å². The Morgan fingerprint density at radius 2 is 2.00 bits per heavy atom. The number of rotatable bonds is 5. The molecule has 2 N–H and O–H groups in total. The van der Waals surface area contributed by atoms with E-state index in [1.165, 1.54) is 0 Å². The molecular weight excluding hydrogens is 344 g/mol. The van der Waals surface area contributed by atoms with Gasteiger partial charge in [0.1, 0.15) is 10.7 Å². The molecule has 0 aromatic heterocycles. The van der Waals surface area contributed by atoms with E-state index in [0.717, 1.165) is 12.5 Å². The second kappa shape index (κ2) is 6.91. The van der Waals surface area contributed by atoms with E-state index in [0.29, 0.717) is 6.42 Å². The highest BCUT2D eigenvalue weighted by Gasteiger charge is 2.27. The Hall–Kier alpha value is -0.890. The van der Waals surface area contributed by atoms with Gasteiger partial charge in [0.2, 0.25) is 10.0 Å². The Bertz CT molecular complexity index is 664. The molecule has 0 aliphatic heterocycles. The first-order chi connectivity index (χ1) is 9.59. The highest BCUT2D eigenvalue weighted by molar-refractivity contribution is 7.89. The first kappa shape index (κ1) is 18.2. The van der Waals surface area contributed by atoms with Crippen LogP contribution < -0.4 is 5.14 Å². The zero-order valence-corrected chi connectivity index (χ0v) is 13.6. The molecule has 0 spiro atoms. The Kier molecular flexibility index (Phi) is 5.98. The van der Waals surface area contributed by atoms with Gasteiger partial charge in [-0.15, -0.1) is 0 Å². The van der Waals surface area contributed by atoms with E-state index in [4.69, 9.17) is 33.1 Å². The summed E-state index contributed by atoms with van der Waals surface area (Å²) >= 11 is 11.4. The zero-order chi connectivity index (χ0) is 16.4. The second-order valence-electron chi connectivity index (χ2n) is 4.41. The van der Waals surface area contributed by atoms with E-state index in [9.17, 15) is 17.6 Å². The third-order valence-electron chi connectivity index (χ3n) is 2.62. The number of hydrogen-bond acceptors (Lipinski definition) is 4. The maximum absolute atomic E-state index is 13.7. The Balaban J connectivity index is 3.33. The van der Waals surface area contributed by atoms with E-state index in [-0.39, 0.29) is 0 Å². The van der Waals surface area contributed by atoms with Gasteiger partial charge >= 0.3 is 5.97 Å². The molecule has 0 fully saturated rings. The van der Waals surface area contributed by atoms with Crippen molar-refractivity contribution in [2.24, 2.45) is 5.14 Å². The first-order valence-electron chi connectivity index (χ1n) is 6.00. The summed E-state index contributed by atoms with van der Waals surface area (Å²) in [5.74, 6) is -2.07. The minimum atomic E-state index is -4.39. The van der Waals surface area contributed by atoms with Crippen molar-refractivity contribution in [1.82, 2.24) is 0 Å². The monoisotopic (exact) mass is 357 g/mol. The molecule has 9 heteroatoms. The lowest BCUT2D eigenvalue weighted by atomic mass is 10.2. The van der Waals surface area contributed by atoms with Crippen LogP contribution in [0.5, 0.6) is 0 Å². The minimum absolute atomic E-state index is 0.421. The van der Waals surface area contributed by atoms with Gasteiger partial charge in [-0.05, 0) is 19.4 Å². The fourth-order valence-corrected chi connectivity index (χ4v) is 3.47. The van der Waals surface area contributed by atoms with Crippen molar-refractivity contribution in [3.05, 3.63) is 27.5 Å². The predicted octanol–water partition coefficient (Wildman–Crippen LogP) is 3.13. The average Bonchev–Trinajstić information content (AvgIpc) is 2.32. The highest BCUT2D eigenvalue weighted by atomic mass is 35.5. The Labute approximate surface area is 132 Å². The van der Waals surface area contributed by atoms with Crippen molar-refractivity contribution in [3.8, 4) is 0 Å². The molecule has 0 aliphatic carbocycles. The smallest absolute Gasteiger partial charge is 0.340 e. The molecule has 118 valence electrons. The lowest BCUT2D eigenvalue weighted by Gasteiger charge is -2.14. The summed E-state index contributed by atoms with van der Waals surface area (Å²) in [5, 5.41) is 3.61. The van der Waals surface area contributed by atoms with Crippen molar-refractivity contribution in [1.29, 1.82) is 0 Å². The fraction of sp³-hybridized carbons (Fsp3) is 0.417. The molecule has 1 unspecified atom stereocenters. The van der Waals surface area contributed by atoms with Gasteiger partial charge in [0.15, 0.2) is 0 Å². The molecule has 1 aromatic rings. The molecule has 0 saturated carbocycles. The van der Waals surface area contributed by atoms with Gasteiger partial charge < -0.3 is 4.74 Å². The Morgan fingerprint density at radius 1 is 1.43 bits per heavy atom. The molecule has 0 bridgehead atoms. The van der Waals surface area contributed by atoms with Crippen LogP contribution in [0.3, 0.4) is 0 Å². The third kappa shape index (κ3) is 4.29. The number of nitrogens with two attached hydrogens (primary N) is 1. The third-order valence-corrected chi connectivity index (χ3v) is 4.59. The predicted molar refractivity (Wildman–Crippen MR) is 77.6 cm³/mol. The van der Waals surface area contributed by atoms with E-state index in [2.05, 4.69) is 0 Å². The van der Waals surface area contributed by atoms with Crippen LogP contribution in [-0.2, 0) is 14.8 Å². The summed E-state index contributed by atoms with van der Waals surface area (Å²) in [6.45, 7) is 3.56. The van der Waals surface area contributed by atoms with Gasteiger partial charge in [0, 0.05) is 0 Å². The van der Waals surface area contributed by atoms with Gasteiger partial charge in [-0.2, -0.15) is 0 Å². The number of primary sulfonamides is 1. The number of sulfonamides is 1. The largest absolute Gasteiger partial charge is 0.459 e. The zero-order valence-electron chi connectivity index (χ0n) is 11.3. The Morgan fingerprint density at radius 3 is 2.48 bits per heavy atom. The average molecular weight is 358 g/mol. The van der Waals surface area contributed by atoms with E-state index in [1.54, 1.807) is 6.92 Å². The number of hydrogen-bond donors (Lipinski definition) is 1. The number of esters is 1. The van der Waals surface area contributed by atoms with Crippen molar-refractivity contribution < 1.29 is 22.3 Å². The normalized spacial score (nSPS) is 13.0. The number of carbonyl (C=O) groups is 1. The van der Waals surface area contributed by atoms with Gasteiger partial charge in [-0.1, -0.05) is 36.5 Å². The van der Waals surface area contributed by atoms with Crippen LogP contribution in [0, 0.1) is 5.82 Å². The molecule has 1 atom stereocenters. The van der Waals surface area contributed by atoms with Gasteiger partial charge in [-0.25, -0.2) is 22.7 Å². The van der Waals surface area contributed by atoms with Crippen LogP contribution >= 0.6 is 23.2 Å². The minimum Gasteiger partial charge on any atom is -0.459 e. The van der Waals surface area contributed by atoms with Crippen LogP contribution in [0.1, 0.15) is 37.0 Å². The highest BCUT2D eigenvalue weighted by Crippen LogP contribution is 2.34. The molecule has 21 heavy (non-hydrogen) atoms. The number of halogens is 3. The van der Waals surface area contributed by atoms with E-state index >= 15 is 0 Å². The van der Waals surface area contributed by atoms with Crippen LogP contribution in [0.25, 0.3) is 0 Å². The summed E-state index contributed by atoms with van der Waals surface area (Å²) in [4.78, 5) is 11.1. The maximum atomic E-state index is 13.7. The molecule has 0 amide bonds. The summed E-state index contributed by atoms with van der Waals surface area (Å²) in [6.07, 6.45) is 0.955. The van der Waals surface area contributed by atoms with Crippen molar-refractivity contribution >= 4 is 39.2 Å². The summed E-state index contributed by atoms with van der Waals surface area (Å²) < 4.78 is 41.6. The summed E-state index contributed by atoms with van der Waals surface area (Å²) in [5.41, 5.74) is -0.439. The molecule has 5 nitrogen and oxygen atoms in total. The van der Waals surface area contributed by atoms with E-state index in [1.807, 2.05) is 6.92 Å². The molecule has 0 aliphatic rings. The molecule has 0 heterocycles. The summed E-state index contributed by atoms with van der Waals surface area (Å²) in [7, 11) is -4.39. The molecule has 1 rings (SSSR count). The van der Waals surface area contributed by atoms with Crippen LogP contribution in [0.15, 0.2) is 11.0 Å². The fourth-order valence-electron chi connectivity index (χ4n) is 1.69. The van der Waals surface area contributed by atoms with Crippen molar-refractivity contribution in [3.63, 3.8) is 0 Å². The van der Waals surface area contributed by atoms with Crippen LogP contribution in [0.4, 0.5) is 4.39 Å². The van der Waals surface area contributed by atoms with Crippen molar-refractivity contribution in [2.75, 3.05) is 0 Å². The molecular formula is C12H14Cl2FNO4S. The first-order valence-corrected chi connectivity index (χ1v) is 8.31.